The predicted octanol–water partition coefficient (Wildman–Crippen LogP) is 4.94. The van der Waals surface area contributed by atoms with Crippen molar-refractivity contribution < 1.29 is 19.1 Å². The molecule has 0 aliphatic carbocycles. The first-order valence-corrected chi connectivity index (χ1v) is 12.4. The van der Waals surface area contributed by atoms with Crippen LogP contribution < -0.4 is 0 Å². The lowest BCUT2D eigenvalue weighted by Crippen LogP contribution is -2.63. The average molecular weight is 453 g/mol. The van der Waals surface area contributed by atoms with Crippen LogP contribution in [0.3, 0.4) is 0 Å². The minimum atomic E-state index is -0.199. The summed E-state index contributed by atoms with van der Waals surface area (Å²) in [6.07, 6.45) is 5.53. The van der Waals surface area contributed by atoms with Gasteiger partial charge in [-0.2, -0.15) is 0 Å². The Morgan fingerprint density at radius 1 is 0.688 bits per heavy atom. The Morgan fingerprint density at radius 3 is 1.31 bits per heavy atom. The molecule has 0 radical (unpaired) electrons. The van der Waals surface area contributed by atoms with E-state index in [1.807, 2.05) is 0 Å². The van der Waals surface area contributed by atoms with Crippen molar-refractivity contribution in [1.82, 2.24) is 9.80 Å². The molecule has 2 heterocycles. The number of carbonyl (C=O) groups excluding carboxylic acids is 2. The van der Waals surface area contributed by atoms with Gasteiger partial charge in [0.2, 0.25) is 0 Å². The van der Waals surface area contributed by atoms with Crippen molar-refractivity contribution in [2.24, 2.45) is 0 Å². The zero-order valence-corrected chi connectivity index (χ0v) is 22.3. The summed E-state index contributed by atoms with van der Waals surface area (Å²) in [4.78, 5) is 29.5. The molecular weight excluding hydrogens is 404 g/mol. The summed E-state index contributed by atoms with van der Waals surface area (Å²) in [5.41, 5.74) is -0.195. The van der Waals surface area contributed by atoms with Crippen LogP contribution >= 0.6 is 0 Å². The second-order valence-corrected chi connectivity index (χ2v) is 12.3. The summed E-state index contributed by atoms with van der Waals surface area (Å²) in [5.74, 6) is -0.330. The first-order chi connectivity index (χ1) is 14.5. The molecule has 0 spiro atoms. The molecule has 2 rings (SSSR count). The fourth-order valence-corrected chi connectivity index (χ4v) is 5.38. The molecule has 0 aromatic carbocycles. The molecule has 2 saturated heterocycles. The van der Waals surface area contributed by atoms with E-state index in [4.69, 9.17) is 9.47 Å². The van der Waals surface area contributed by atoms with E-state index in [2.05, 4.69) is 79.3 Å². The lowest BCUT2D eigenvalue weighted by Gasteiger charge is -2.54. The molecule has 0 aromatic heterocycles. The molecule has 0 amide bonds. The second-order valence-electron chi connectivity index (χ2n) is 12.3. The number of piperidine rings is 2. The topological polar surface area (TPSA) is 59.1 Å². The molecule has 186 valence electrons. The van der Waals surface area contributed by atoms with E-state index in [1.165, 1.54) is 0 Å². The van der Waals surface area contributed by atoms with Crippen LogP contribution in [0.2, 0.25) is 0 Å². The van der Waals surface area contributed by atoms with Crippen molar-refractivity contribution in [3.63, 3.8) is 0 Å². The Labute approximate surface area is 196 Å². The van der Waals surface area contributed by atoms with Crippen LogP contribution in [0.4, 0.5) is 0 Å². The fraction of sp³-hybridized carbons (Fsp3) is 0.923. The Kier molecular flexibility index (Phi) is 8.14. The Morgan fingerprint density at radius 2 is 1.00 bits per heavy atom. The highest BCUT2D eigenvalue weighted by Crippen LogP contribution is 2.39. The van der Waals surface area contributed by atoms with Crippen molar-refractivity contribution in [1.29, 1.82) is 0 Å². The van der Waals surface area contributed by atoms with E-state index < -0.39 is 0 Å². The van der Waals surface area contributed by atoms with E-state index in [1.54, 1.807) is 0 Å². The number of unbranched alkanes of at least 4 members (excludes halogenated alkanes) is 1. The smallest absolute Gasteiger partial charge is 0.306 e. The van der Waals surface area contributed by atoms with Crippen LogP contribution in [-0.2, 0) is 19.1 Å². The van der Waals surface area contributed by atoms with Crippen LogP contribution in [0.1, 0.15) is 107 Å². The minimum Gasteiger partial charge on any atom is -0.460 e. The highest BCUT2D eigenvalue weighted by Gasteiger charge is 2.47. The van der Waals surface area contributed by atoms with Gasteiger partial charge in [0.05, 0.1) is 11.1 Å². The maximum absolute atomic E-state index is 12.4. The summed E-state index contributed by atoms with van der Waals surface area (Å²) in [6.45, 7) is 17.5. The number of likely N-dealkylation sites (tertiary alicyclic amines) is 2. The van der Waals surface area contributed by atoms with Crippen LogP contribution in [0.5, 0.6) is 0 Å². The monoisotopic (exact) mass is 452 g/mol. The Balaban J connectivity index is 1.73. The van der Waals surface area contributed by atoms with Gasteiger partial charge < -0.3 is 9.47 Å². The summed E-state index contributed by atoms with van der Waals surface area (Å²) in [6, 6.07) is 0. The average Bonchev–Trinajstić information content (AvgIpc) is 2.68. The SMILES string of the molecule is CN1C(C)(C)CCC(OC(=O)CCCCC(=O)OC2CCC(C)(C)N(C)C2(C)C)C1(C)C. The Hall–Kier alpha value is -1.14. The van der Waals surface area contributed by atoms with Crippen LogP contribution in [0, 0.1) is 0 Å². The van der Waals surface area contributed by atoms with E-state index in [0.29, 0.717) is 25.7 Å². The Bertz CT molecular complexity index is 625. The third-order valence-corrected chi connectivity index (χ3v) is 8.72. The molecular formula is C26H48N2O4. The molecule has 2 fully saturated rings. The third-order valence-electron chi connectivity index (χ3n) is 8.72. The van der Waals surface area contributed by atoms with Gasteiger partial charge in [0, 0.05) is 23.9 Å². The lowest BCUT2D eigenvalue weighted by atomic mass is 9.78. The molecule has 2 unspecified atom stereocenters. The van der Waals surface area contributed by atoms with Gasteiger partial charge in [-0.25, -0.2) is 0 Å². The molecule has 0 N–H and O–H groups in total. The fourth-order valence-electron chi connectivity index (χ4n) is 5.38. The summed E-state index contributed by atoms with van der Waals surface area (Å²) in [7, 11) is 4.22. The number of likely N-dealkylation sites (N-methyl/N-ethyl adjacent to an activating group) is 2. The number of ether oxygens (including phenoxy) is 2. The zero-order chi connectivity index (χ0) is 24.5. The molecule has 6 nitrogen and oxygen atoms in total. The number of hydrogen-bond acceptors (Lipinski definition) is 6. The maximum Gasteiger partial charge on any atom is 0.306 e. The molecule has 2 atom stereocenters. The first kappa shape index (κ1) is 27.1. The molecule has 0 aromatic rings. The van der Waals surface area contributed by atoms with Gasteiger partial charge in [-0.3, -0.25) is 19.4 Å². The quantitative estimate of drug-likeness (QED) is 0.403. The van der Waals surface area contributed by atoms with Gasteiger partial charge >= 0.3 is 11.9 Å². The van der Waals surface area contributed by atoms with Gasteiger partial charge in [-0.15, -0.1) is 0 Å². The minimum absolute atomic E-state index is 0.101. The first-order valence-electron chi connectivity index (χ1n) is 12.4. The number of rotatable bonds is 7. The molecule has 2 aliphatic rings. The number of carbonyl (C=O) groups is 2. The van der Waals surface area contributed by atoms with E-state index in [0.717, 1.165) is 25.7 Å². The summed E-state index contributed by atoms with van der Waals surface area (Å²) in [5, 5.41) is 0. The number of nitrogens with zero attached hydrogens (tertiary/aromatic N) is 2. The molecule has 2 aliphatic heterocycles. The summed E-state index contributed by atoms with van der Waals surface area (Å²) >= 11 is 0. The molecule has 6 heteroatoms. The number of esters is 2. The highest BCUT2D eigenvalue weighted by atomic mass is 16.5. The third kappa shape index (κ3) is 5.85. The normalized spacial score (nSPS) is 29.3. The highest BCUT2D eigenvalue weighted by molar-refractivity contribution is 5.71. The van der Waals surface area contributed by atoms with Crippen molar-refractivity contribution in [3.8, 4) is 0 Å². The van der Waals surface area contributed by atoms with Crippen molar-refractivity contribution in [2.75, 3.05) is 14.1 Å². The van der Waals surface area contributed by atoms with Crippen LogP contribution in [0.15, 0.2) is 0 Å². The van der Waals surface area contributed by atoms with Crippen LogP contribution in [-0.4, -0.2) is 70.2 Å². The predicted molar refractivity (Wildman–Crippen MR) is 129 cm³/mol. The standard InChI is InChI=1S/C26H48N2O4/c1-23(2)17-15-19(25(5,6)27(23)9)31-21(29)13-11-12-14-22(30)32-20-16-18-24(3,4)28(10)26(20,7)8/h19-20H,11-18H2,1-10H3. The van der Waals surface area contributed by atoms with Crippen molar-refractivity contribution >= 4 is 11.9 Å². The van der Waals surface area contributed by atoms with Crippen molar-refractivity contribution in [3.05, 3.63) is 0 Å². The molecule has 0 bridgehead atoms. The molecule has 32 heavy (non-hydrogen) atoms. The van der Waals surface area contributed by atoms with Gasteiger partial charge in [-0.1, -0.05) is 0 Å². The van der Waals surface area contributed by atoms with Crippen molar-refractivity contribution in [2.45, 2.75) is 141 Å². The van der Waals surface area contributed by atoms with E-state index >= 15 is 0 Å². The van der Waals surface area contributed by atoms with E-state index in [9.17, 15) is 9.59 Å². The van der Waals surface area contributed by atoms with Gasteiger partial charge in [0.1, 0.15) is 12.2 Å². The number of hydrogen-bond donors (Lipinski definition) is 0. The zero-order valence-electron chi connectivity index (χ0n) is 22.3. The lowest BCUT2D eigenvalue weighted by molar-refractivity contribution is -0.169. The molecule has 0 saturated carbocycles. The van der Waals surface area contributed by atoms with Gasteiger partial charge in [-0.05, 0) is 108 Å². The summed E-state index contributed by atoms with van der Waals surface area (Å²) < 4.78 is 11.7. The van der Waals surface area contributed by atoms with Gasteiger partial charge in [0.15, 0.2) is 0 Å². The van der Waals surface area contributed by atoms with Gasteiger partial charge in [0.25, 0.3) is 0 Å². The van der Waals surface area contributed by atoms with Crippen LogP contribution in [0.25, 0.3) is 0 Å². The van der Waals surface area contributed by atoms with E-state index in [-0.39, 0.29) is 46.3 Å². The largest absolute Gasteiger partial charge is 0.460 e. The second kappa shape index (κ2) is 9.61. The maximum atomic E-state index is 12.4.